The molecule has 0 aliphatic rings. The van der Waals surface area contributed by atoms with Crippen molar-refractivity contribution >= 4 is 72.6 Å². The van der Waals surface area contributed by atoms with Gasteiger partial charge in [-0.25, -0.2) is 0 Å². The molecule has 0 aliphatic heterocycles. The fourth-order valence-electron chi connectivity index (χ4n) is 6.88. The largest absolute Gasteiger partial charge is 0.456 e. The van der Waals surface area contributed by atoms with Crippen LogP contribution < -0.4 is 10.4 Å². The van der Waals surface area contributed by atoms with E-state index in [9.17, 15) is 0 Å². The average molecular weight is 524 g/mol. The molecule has 2 heteroatoms. The molecular formula is C39H25NO. The van der Waals surface area contributed by atoms with Crippen molar-refractivity contribution in [3.8, 4) is 11.1 Å². The highest BCUT2D eigenvalue weighted by atomic mass is 16.3. The molecule has 9 rings (SSSR count). The Labute approximate surface area is 236 Å². The first kappa shape index (κ1) is 22.5. The van der Waals surface area contributed by atoms with Crippen molar-refractivity contribution in [3.05, 3.63) is 137 Å². The predicted molar refractivity (Wildman–Crippen MR) is 173 cm³/mol. The molecule has 9 aromatic rings. The van der Waals surface area contributed by atoms with Crippen LogP contribution in [0.2, 0.25) is 0 Å². The van der Waals surface area contributed by atoms with Crippen LogP contribution in [-0.4, -0.2) is 4.40 Å². The maximum Gasteiger partial charge on any atom is 0.137 e. The number of hydrogen-bond acceptors (Lipinski definition) is 1. The highest BCUT2D eigenvalue weighted by molar-refractivity contribution is 6.22. The van der Waals surface area contributed by atoms with Gasteiger partial charge in [0, 0.05) is 44.3 Å². The van der Waals surface area contributed by atoms with Crippen molar-refractivity contribution < 1.29 is 4.42 Å². The zero-order valence-corrected chi connectivity index (χ0v) is 22.6. The summed E-state index contributed by atoms with van der Waals surface area (Å²) in [6.07, 6.45) is 2.30. The lowest BCUT2D eigenvalue weighted by molar-refractivity contribution is 0.669. The molecule has 0 unspecified atom stereocenters. The van der Waals surface area contributed by atoms with E-state index in [4.69, 9.17) is 4.42 Å². The third kappa shape index (κ3) is 3.07. The normalized spacial score (nSPS) is 12.8. The molecule has 0 saturated heterocycles. The van der Waals surface area contributed by atoms with Gasteiger partial charge in [-0.3, -0.25) is 0 Å². The van der Waals surface area contributed by atoms with Gasteiger partial charge in [-0.15, -0.1) is 0 Å². The van der Waals surface area contributed by atoms with E-state index in [0.29, 0.717) is 0 Å². The molecule has 6 aromatic carbocycles. The molecule has 0 radical (unpaired) electrons. The Morgan fingerprint density at radius 2 is 1.39 bits per heavy atom. The Kier molecular flexibility index (Phi) is 4.44. The summed E-state index contributed by atoms with van der Waals surface area (Å²) in [5, 5.41) is 10.8. The van der Waals surface area contributed by atoms with E-state index in [1.54, 1.807) is 0 Å². The van der Waals surface area contributed by atoms with E-state index in [2.05, 4.69) is 127 Å². The van der Waals surface area contributed by atoms with Crippen LogP contribution in [0.1, 0.15) is 11.3 Å². The smallest absolute Gasteiger partial charge is 0.137 e. The number of fused-ring (bicyclic) bond motifs is 7. The van der Waals surface area contributed by atoms with E-state index in [0.717, 1.165) is 32.4 Å². The molecule has 2 nitrogen and oxygen atoms in total. The summed E-state index contributed by atoms with van der Waals surface area (Å²) >= 11 is 0. The van der Waals surface area contributed by atoms with Crippen LogP contribution in [0.5, 0.6) is 0 Å². The second-order valence-electron chi connectivity index (χ2n) is 11.1. The van der Waals surface area contributed by atoms with E-state index in [-0.39, 0.29) is 0 Å². The minimum atomic E-state index is 0.918. The maximum atomic E-state index is 6.34. The minimum Gasteiger partial charge on any atom is -0.456 e. The lowest BCUT2D eigenvalue weighted by atomic mass is 9.94. The van der Waals surface area contributed by atoms with Crippen LogP contribution in [0.15, 0.2) is 120 Å². The van der Waals surface area contributed by atoms with Gasteiger partial charge in [-0.1, -0.05) is 91.5 Å². The van der Waals surface area contributed by atoms with Gasteiger partial charge in [0.2, 0.25) is 0 Å². The lowest BCUT2D eigenvalue weighted by Gasteiger charge is -2.09. The topological polar surface area (TPSA) is 17.6 Å². The summed E-state index contributed by atoms with van der Waals surface area (Å²) in [6, 6.07) is 41.3. The third-order valence-electron chi connectivity index (χ3n) is 8.83. The Bertz CT molecular complexity index is 2610. The molecule has 0 N–H and O–H groups in total. The van der Waals surface area contributed by atoms with Crippen LogP contribution in [0.3, 0.4) is 0 Å². The Hall–Kier alpha value is -5.34. The molecule has 0 amide bonds. The van der Waals surface area contributed by atoms with Gasteiger partial charge in [0.25, 0.3) is 0 Å². The summed E-state index contributed by atoms with van der Waals surface area (Å²) in [6.45, 7) is 6.54. The van der Waals surface area contributed by atoms with E-state index in [1.165, 1.54) is 60.3 Å². The van der Waals surface area contributed by atoms with Gasteiger partial charge < -0.3 is 8.82 Å². The highest BCUT2D eigenvalue weighted by Crippen LogP contribution is 2.43. The quantitative estimate of drug-likeness (QED) is 0.221. The number of furan rings is 1. The number of para-hydroxylation sites is 1. The van der Waals surface area contributed by atoms with E-state index < -0.39 is 0 Å². The predicted octanol–water partition coefficient (Wildman–Crippen LogP) is 8.95. The monoisotopic (exact) mass is 523 g/mol. The molecule has 0 bridgehead atoms. The molecule has 3 aromatic heterocycles. The zero-order chi connectivity index (χ0) is 27.2. The van der Waals surface area contributed by atoms with Gasteiger partial charge in [-0.2, -0.15) is 0 Å². The fraction of sp³-hybridized carbons (Fsp3) is 0.0256. The van der Waals surface area contributed by atoms with Gasteiger partial charge in [0.1, 0.15) is 11.2 Å². The average Bonchev–Trinajstić information content (AvgIpc) is 3.62. The molecule has 0 aliphatic carbocycles. The SMILES string of the molecule is C=c1cccc/c1=C/c1c(C)n2c3cc4oc5ccccc5c4cc3c3cc(-c4cccc5ccccc45)cc1c32. The Morgan fingerprint density at radius 1 is 0.634 bits per heavy atom. The van der Waals surface area contributed by atoms with Crippen molar-refractivity contribution in [2.24, 2.45) is 0 Å². The number of benzene rings is 6. The molecule has 0 fully saturated rings. The third-order valence-corrected chi connectivity index (χ3v) is 8.83. The molecule has 0 atom stereocenters. The minimum absolute atomic E-state index is 0.918. The standard InChI is InChI=1S/C39H25NO/c1-23-10-3-4-12-26(23)18-31-24(2)40-36-22-38-33(30-15-7-8-17-37(30)41-38)21-32(36)35-20-27(19-34(31)39(35)40)29-16-9-13-25-11-5-6-14-28(25)29/h3-22H,1H2,2H3/b26-18-. The number of nitrogens with zero attached hydrogens (tertiary/aromatic N) is 1. The van der Waals surface area contributed by atoms with E-state index in [1.807, 2.05) is 12.1 Å². The number of aryl methyl sites for hydroxylation is 1. The molecule has 3 heterocycles. The summed E-state index contributed by atoms with van der Waals surface area (Å²) in [5.41, 5.74) is 9.19. The molecule has 192 valence electrons. The zero-order valence-electron chi connectivity index (χ0n) is 22.6. The van der Waals surface area contributed by atoms with Crippen molar-refractivity contribution in [3.63, 3.8) is 0 Å². The fourth-order valence-corrected chi connectivity index (χ4v) is 6.88. The van der Waals surface area contributed by atoms with Crippen molar-refractivity contribution in [2.75, 3.05) is 0 Å². The first-order chi connectivity index (χ1) is 20.2. The second kappa shape index (κ2) is 8.09. The van der Waals surface area contributed by atoms with Crippen molar-refractivity contribution in [1.29, 1.82) is 0 Å². The summed E-state index contributed by atoms with van der Waals surface area (Å²) in [4.78, 5) is 0. The van der Waals surface area contributed by atoms with E-state index >= 15 is 0 Å². The Balaban J connectivity index is 1.48. The lowest BCUT2D eigenvalue weighted by Crippen LogP contribution is -2.21. The van der Waals surface area contributed by atoms with Crippen molar-refractivity contribution in [1.82, 2.24) is 4.40 Å². The second-order valence-corrected chi connectivity index (χ2v) is 11.1. The number of rotatable bonds is 2. The van der Waals surface area contributed by atoms with Crippen LogP contribution in [-0.2, 0) is 0 Å². The maximum absolute atomic E-state index is 6.34. The van der Waals surface area contributed by atoms with Crippen LogP contribution in [0.25, 0.3) is 83.7 Å². The summed E-state index contributed by atoms with van der Waals surface area (Å²) < 4.78 is 8.77. The van der Waals surface area contributed by atoms with Gasteiger partial charge in [0.15, 0.2) is 0 Å². The first-order valence-electron chi connectivity index (χ1n) is 14.0. The first-order valence-corrected chi connectivity index (χ1v) is 14.0. The molecular weight excluding hydrogens is 498 g/mol. The molecule has 0 saturated carbocycles. The van der Waals surface area contributed by atoms with Crippen LogP contribution in [0, 0.1) is 6.92 Å². The Morgan fingerprint density at radius 3 is 2.29 bits per heavy atom. The van der Waals surface area contributed by atoms with Gasteiger partial charge in [-0.05, 0) is 69.6 Å². The van der Waals surface area contributed by atoms with Crippen molar-refractivity contribution in [2.45, 2.75) is 6.92 Å². The molecule has 41 heavy (non-hydrogen) atoms. The van der Waals surface area contributed by atoms with Gasteiger partial charge in [0.05, 0.1) is 11.0 Å². The molecule has 0 spiro atoms. The highest BCUT2D eigenvalue weighted by Gasteiger charge is 2.22. The van der Waals surface area contributed by atoms with Crippen LogP contribution in [0.4, 0.5) is 0 Å². The number of aromatic nitrogens is 1. The number of hydrogen-bond donors (Lipinski definition) is 0. The summed E-state index contributed by atoms with van der Waals surface area (Å²) in [7, 11) is 0. The van der Waals surface area contributed by atoms with Crippen LogP contribution >= 0.6 is 0 Å². The summed E-state index contributed by atoms with van der Waals surface area (Å²) in [5.74, 6) is 0. The van der Waals surface area contributed by atoms with Gasteiger partial charge >= 0.3 is 0 Å².